The Kier molecular flexibility index (Phi) is 9.00. The van der Waals surface area contributed by atoms with Gasteiger partial charge in [-0.1, -0.05) is 18.2 Å². The molecule has 4 aromatic rings. The predicted octanol–water partition coefficient (Wildman–Crippen LogP) is 6.76. The molecule has 6 bridgehead atoms. The summed E-state index contributed by atoms with van der Waals surface area (Å²) in [4.78, 5) is 14.8. The van der Waals surface area contributed by atoms with E-state index in [2.05, 4.69) is 36.2 Å². The largest absolute Gasteiger partial charge is 0.493 e. The topological polar surface area (TPSA) is 95.9 Å². The van der Waals surface area contributed by atoms with Gasteiger partial charge in [0.05, 0.1) is 47.6 Å². The van der Waals surface area contributed by atoms with Crippen LogP contribution in [0.25, 0.3) is 0 Å². The third kappa shape index (κ3) is 6.07. The number of carbonyl (C=O) groups is 1. The third-order valence-corrected chi connectivity index (χ3v) is 10.7. The van der Waals surface area contributed by atoms with Crippen molar-refractivity contribution in [1.29, 1.82) is 0 Å². The zero-order chi connectivity index (χ0) is 35.2. The standard InChI is InChI=1S/C40H44N2O8/c1-41-15-13-26-20-33(46-4)35-22-29(26)30(41)17-24-7-10-28(11-8-24)49-34-19-25(9-12-32(34)45-3)18-31-38-27(14-16-42(31,2)23-37(43)44)21-36(47-5)39(48-6)40(38)50-35/h7-12,19-22,30-31H,13-18,23H2,1-6H3/p+1. The number of rotatable bonds is 6. The Bertz CT molecular complexity index is 1930. The number of methoxy groups -OCH3 is 4. The molecule has 8 rings (SSSR count). The van der Waals surface area contributed by atoms with Crippen molar-refractivity contribution in [2.45, 2.75) is 37.8 Å². The van der Waals surface area contributed by atoms with Crippen LogP contribution in [0.3, 0.4) is 0 Å². The fraction of sp³-hybridized carbons (Fsp3) is 0.375. The van der Waals surface area contributed by atoms with Gasteiger partial charge in [-0.2, -0.15) is 0 Å². The maximum atomic E-state index is 12.5. The van der Waals surface area contributed by atoms with E-state index < -0.39 is 5.97 Å². The Hall–Kier alpha value is -4.93. The molecule has 4 heterocycles. The van der Waals surface area contributed by atoms with Gasteiger partial charge in [-0.05, 0) is 90.2 Å². The van der Waals surface area contributed by atoms with Gasteiger partial charge < -0.3 is 38.0 Å². The van der Waals surface area contributed by atoms with Gasteiger partial charge in [-0.15, -0.1) is 0 Å². The van der Waals surface area contributed by atoms with Crippen molar-refractivity contribution in [2.75, 3.05) is 62.2 Å². The summed E-state index contributed by atoms with van der Waals surface area (Å²) in [7, 11) is 10.7. The van der Waals surface area contributed by atoms with Gasteiger partial charge in [0.25, 0.3) is 0 Å². The fourth-order valence-corrected chi connectivity index (χ4v) is 8.01. The Balaban J connectivity index is 1.50. The number of likely N-dealkylation sites (N-methyl/N-ethyl adjacent to an activating group) is 2. The summed E-state index contributed by atoms with van der Waals surface area (Å²) >= 11 is 0. The van der Waals surface area contributed by atoms with E-state index in [4.69, 9.17) is 28.4 Å². The van der Waals surface area contributed by atoms with E-state index in [0.29, 0.717) is 65.4 Å². The molecular weight excluding hydrogens is 636 g/mol. The number of hydrogen-bond acceptors (Lipinski definition) is 8. The van der Waals surface area contributed by atoms with Crippen molar-refractivity contribution >= 4 is 5.97 Å². The SMILES string of the molecule is COc1ccc2cc1Oc1ccc(cc1)CC1c3cc(c(OC)cc3CCN1C)Oc1c(OC)c(OC)cc3c1C(C2)[N+](C)(CC(=O)O)CC3. The van der Waals surface area contributed by atoms with Crippen LogP contribution in [0, 0.1) is 0 Å². The molecule has 4 aliphatic heterocycles. The first-order valence-corrected chi connectivity index (χ1v) is 17.0. The van der Waals surface area contributed by atoms with Gasteiger partial charge >= 0.3 is 5.97 Å². The van der Waals surface area contributed by atoms with Crippen LogP contribution in [-0.2, 0) is 30.5 Å². The molecule has 262 valence electrons. The summed E-state index contributed by atoms with van der Waals surface area (Å²) in [5, 5.41) is 10.2. The predicted molar refractivity (Wildman–Crippen MR) is 189 cm³/mol. The van der Waals surface area contributed by atoms with E-state index >= 15 is 0 Å². The molecule has 3 atom stereocenters. The maximum Gasteiger partial charge on any atom is 0.359 e. The van der Waals surface area contributed by atoms with Gasteiger partial charge in [-0.3, -0.25) is 4.90 Å². The number of nitrogens with zero attached hydrogens (tertiary/aromatic N) is 2. The monoisotopic (exact) mass is 681 g/mol. The van der Waals surface area contributed by atoms with Crippen molar-refractivity contribution in [3.05, 3.63) is 94.0 Å². The van der Waals surface area contributed by atoms with Crippen molar-refractivity contribution in [1.82, 2.24) is 4.90 Å². The number of ether oxygens (including phenoxy) is 6. The van der Waals surface area contributed by atoms with Crippen molar-refractivity contribution in [2.24, 2.45) is 0 Å². The summed E-state index contributed by atoms with van der Waals surface area (Å²) < 4.78 is 37.4. The molecule has 0 amide bonds. The summed E-state index contributed by atoms with van der Waals surface area (Å²) in [6, 6.07) is 20.1. The van der Waals surface area contributed by atoms with Crippen LogP contribution < -0.4 is 28.4 Å². The minimum absolute atomic E-state index is 0.0695. The quantitative estimate of drug-likeness (QED) is 0.222. The van der Waals surface area contributed by atoms with Gasteiger partial charge in [0.15, 0.2) is 41.0 Å². The highest BCUT2D eigenvalue weighted by Gasteiger charge is 2.45. The van der Waals surface area contributed by atoms with Crippen LogP contribution >= 0.6 is 0 Å². The number of aliphatic carboxylic acids is 1. The van der Waals surface area contributed by atoms with Gasteiger partial charge in [0.2, 0.25) is 5.75 Å². The van der Waals surface area contributed by atoms with Crippen LogP contribution in [0.2, 0.25) is 0 Å². The van der Waals surface area contributed by atoms with E-state index in [1.54, 1.807) is 28.4 Å². The lowest BCUT2D eigenvalue weighted by Gasteiger charge is -2.45. The first kappa shape index (κ1) is 33.6. The van der Waals surface area contributed by atoms with Crippen LogP contribution in [0.15, 0.2) is 60.7 Å². The molecule has 0 fully saturated rings. The smallest absolute Gasteiger partial charge is 0.359 e. The normalized spacial score (nSPS) is 21.1. The summed E-state index contributed by atoms with van der Waals surface area (Å²) in [5.41, 5.74) is 6.46. The molecule has 0 spiro atoms. The lowest BCUT2D eigenvalue weighted by molar-refractivity contribution is -0.934. The average Bonchev–Trinajstić information content (AvgIpc) is 3.10. The second-order valence-electron chi connectivity index (χ2n) is 13.7. The maximum absolute atomic E-state index is 12.5. The number of quaternary nitrogens is 1. The molecule has 4 aliphatic rings. The van der Waals surface area contributed by atoms with Crippen molar-refractivity contribution < 1.29 is 42.8 Å². The van der Waals surface area contributed by atoms with E-state index in [9.17, 15) is 9.90 Å². The number of carboxylic acids is 1. The molecule has 3 unspecified atom stereocenters. The minimum Gasteiger partial charge on any atom is -0.493 e. The highest BCUT2D eigenvalue weighted by atomic mass is 16.5. The van der Waals surface area contributed by atoms with Crippen LogP contribution in [0.5, 0.6) is 46.0 Å². The Labute approximate surface area is 293 Å². The minimum atomic E-state index is -0.868. The summed E-state index contributed by atoms with van der Waals surface area (Å²) in [5.74, 6) is 3.71. The Morgan fingerprint density at radius 3 is 2.22 bits per heavy atom. The Morgan fingerprint density at radius 1 is 0.820 bits per heavy atom. The molecule has 0 saturated heterocycles. The lowest BCUT2D eigenvalue weighted by atomic mass is 9.85. The zero-order valence-corrected chi connectivity index (χ0v) is 29.6. The molecule has 10 nitrogen and oxygen atoms in total. The summed E-state index contributed by atoms with van der Waals surface area (Å²) in [6.07, 6.45) is 2.80. The number of fused-ring (bicyclic) bond motifs is 2. The number of hydrogen-bond donors (Lipinski definition) is 1. The molecule has 0 aliphatic carbocycles. The molecular formula is C40H45N2O8+. The molecule has 50 heavy (non-hydrogen) atoms. The van der Waals surface area contributed by atoms with Crippen LogP contribution in [-0.4, -0.2) is 82.6 Å². The van der Waals surface area contributed by atoms with Crippen molar-refractivity contribution in [3.8, 4) is 46.0 Å². The molecule has 4 aromatic carbocycles. The van der Waals surface area contributed by atoms with E-state index in [-0.39, 0.29) is 23.1 Å². The third-order valence-electron chi connectivity index (χ3n) is 10.7. The lowest BCUT2D eigenvalue weighted by Crippen LogP contribution is -2.54. The van der Waals surface area contributed by atoms with Crippen molar-refractivity contribution in [3.63, 3.8) is 0 Å². The Morgan fingerprint density at radius 2 is 1.52 bits per heavy atom. The van der Waals surface area contributed by atoms with Crippen LogP contribution in [0.4, 0.5) is 0 Å². The van der Waals surface area contributed by atoms with E-state index in [0.717, 1.165) is 36.1 Å². The van der Waals surface area contributed by atoms with Crippen LogP contribution in [0.1, 0.15) is 45.5 Å². The second-order valence-corrected chi connectivity index (χ2v) is 13.7. The first-order valence-electron chi connectivity index (χ1n) is 17.0. The van der Waals surface area contributed by atoms with E-state index in [1.165, 1.54) is 16.7 Å². The molecule has 1 N–H and O–H groups in total. The molecule has 10 heteroatoms. The highest BCUT2D eigenvalue weighted by molar-refractivity contribution is 5.68. The molecule has 0 aromatic heterocycles. The zero-order valence-electron chi connectivity index (χ0n) is 29.6. The molecule has 0 saturated carbocycles. The van der Waals surface area contributed by atoms with Gasteiger partial charge in [0, 0.05) is 25.4 Å². The molecule has 0 radical (unpaired) electrons. The van der Waals surface area contributed by atoms with Gasteiger partial charge in [0.1, 0.15) is 11.8 Å². The number of benzene rings is 4. The van der Waals surface area contributed by atoms with Gasteiger partial charge in [-0.25, -0.2) is 4.79 Å². The number of carboxylic acid groups (broad SMARTS) is 1. The first-order chi connectivity index (χ1) is 24.1. The average molecular weight is 682 g/mol. The second kappa shape index (κ2) is 13.4. The van der Waals surface area contributed by atoms with E-state index in [1.807, 2.05) is 43.4 Å². The summed E-state index contributed by atoms with van der Waals surface area (Å²) in [6.45, 7) is 1.46. The fourth-order valence-electron chi connectivity index (χ4n) is 8.01. The highest BCUT2D eigenvalue weighted by Crippen LogP contribution is 2.53.